The average molecular weight is 211 g/mol. The van der Waals surface area contributed by atoms with E-state index in [0.717, 1.165) is 11.8 Å². The monoisotopic (exact) mass is 211 g/mol. The van der Waals surface area contributed by atoms with Crippen LogP contribution < -0.4 is 11.1 Å². The van der Waals surface area contributed by atoms with Crippen LogP contribution in [0, 0.1) is 11.8 Å². The second-order valence-electron chi connectivity index (χ2n) is 4.60. The number of nitrogens with two attached hydrogens (primary N) is 1. The molecule has 4 heteroatoms. The maximum absolute atomic E-state index is 5.76. The highest BCUT2D eigenvalue weighted by atomic mass is 16.5. The molecule has 2 aliphatic carbocycles. The Morgan fingerprint density at radius 2 is 2.33 bits per heavy atom. The van der Waals surface area contributed by atoms with Crippen molar-refractivity contribution in [3.05, 3.63) is 0 Å². The molecule has 0 aliphatic heterocycles. The molecular weight excluding hydrogens is 190 g/mol. The molecule has 15 heavy (non-hydrogen) atoms. The predicted molar refractivity (Wildman–Crippen MR) is 60.7 cm³/mol. The lowest BCUT2D eigenvalue weighted by Crippen LogP contribution is -2.35. The topological polar surface area (TPSA) is 59.6 Å². The largest absolute Gasteiger partial charge is 0.383 e. The second-order valence-corrected chi connectivity index (χ2v) is 4.60. The molecule has 0 spiro atoms. The van der Waals surface area contributed by atoms with Gasteiger partial charge < -0.3 is 15.8 Å². The van der Waals surface area contributed by atoms with Crippen LogP contribution in [0.15, 0.2) is 4.99 Å². The molecule has 2 aliphatic rings. The van der Waals surface area contributed by atoms with Crippen molar-refractivity contribution in [2.24, 2.45) is 22.6 Å². The van der Waals surface area contributed by atoms with Gasteiger partial charge in [0.1, 0.15) is 0 Å². The lowest BCUT2D eigenvalue weighted by Gasteiger charge is -2.25. The summed E-state index contributed by atoms with van der Waals surface area (Å²) >= 11 is 0. The van der Waals surface area contributed by atoms with E-state index in [4.69, 9.17) is 10.5 Å². The molecule has 0 radical (unpaired) electrons. The van der Waals surface area contributed by atoms with Crippen LogP contribution in [-0.4, -0.2) is 32.3 Å². The van der Waals surface area contributed by atoms with Crippen molar-refractivity contribution >= 4 is 5.96 Å². The van der Waals surface area contributed by atoms with Gasteiger partial charge in [0.25, 0.3) is 0 Å². The number of guanidine groups is 1. The summed E-state index contributed by atoms with van der Waals surface area (Å²) in [5, 5.41) is 3.28. The Balaban J connectivity index is 1.63. The molecule has 0 unspecified atom stereocenters. The summed E-state index contributed by atoms with van der Waals surface area (Å²) in [6, 6.07) is 0.599. The van der Waals surface area contributed by atoms with Crippen LogP contribution in [0.5, 0.6) is 0 Å². The zero-order valence-corrected chi connectivity index (χ0v) is 9.41. The molecular formula is C11H21N3O. The second kappa shape index (κ2) is 4.84. The number of hydrogen-bond donors (Lipinski definition) is 2. The Bertz CT molecular complexity index is 238. The Kier molecular flexibility index (Phi) is 3.46. The minimum Gasteiger partial charge on any atom is -0.383 e. The summed E-state index contributed by atoms with van der Waals surface area (Å²) in [6.07, 6.45) is 5.55. The van der Waals surface area contributed by atoms with E-state index in [1.165, 1.54) is 25.7 Å². The molecule has 0 amide bonds. The first kappa shape index (κ1) is 10.7. The van der Waals surface area contributed by atoms with E-state index >= 15 is 0 Å². The maximum atomic E-state index is 5.76. The number of hydrogen-bond acceptors (Lipinski definition) is 2. The Labute approximate surface area is 91.3 Å². The zero-order valence-electron chi connectivity index (χ0n) is 9.41. The van der Waals surface area contributed by atoms with Crippen LogP contribution in [0.1, 0.15) is 25.7 Å². The molecule has 2 fully saturated rings. The average Bonchev–Trinajstić information content (AvgIpc) is 2.81. The van der Waals surface area contributed by atoms with Crippen LogP contribution in [0.4, 0.5) is 0 Å². The van der Waals surface area contributed by atoms with Crippen LogP contribution >= 0.6 is 0 Å². The van der Waals surface area contributed by atoms with E-state index in [2.05, 4.69) is 10.3 Å². The van der Waals surface area contributed by atoms with Crippen molar-refractivity contribution in [2.45, 2.75) is 31.7 Å². The van der Waals surface area contributed by atoms with Crippen LogP contribution in [0.2, 0.25) is 0 Å². The van der Waals surface area contributed by atoms with Gasteiger partial charge in [0.2, 0.25) is 0 Å². The van der Waals surface area contributed by atoms with Gasteiger partial charge in [-0.05, 0) is 18.3 Å². The van der Waals surface area contributed by atoms with E-state index in [1.54, 1.807) is 7.11 Å². The third kappa shape index (κ3) is 2.84. The van der Waals surface area contributed by atoms with E-state index < -0.39 is 0 Å². The molecule has 3 N–H and O–H groups in total. The van der Waals surface area contributed by atoms with Gasteiger partial charge in [0, 0.05) is 13.2 Å². The first-order chi connectivity index (χ1) is 7.31. The molecule has 0 heterocycles. The summed E-state index contributed by atoms with van der Waals surface area (Å²) in [6.45, 7) is 1.29. The fourth-order valence-corrected chi connectivity index (χ4v) is 2.26. The molecule has 0 aromatic heterocycles. The maximum Gasteiger partial charge on any atom is 0.188 e. The minimum atomic E-state index is 0.582. The van der Waals surface area contributed by atoms with E-state index in [1.807, 2.05) is 0 Å². The van der Waals surface area contributed by atoms with Crippen molar-refractivity contribution in [2.75, 3.05) is 20.3 Å². The van der Waals surface area contributed by atoms with E-state index in [0.29, 0.717) is 25.2 Å². The Hall–Kier alpha value is -0.770. The van der Waals surface area contributed by atoms with Gasteiger partial charge >= 0.3 is 0 Å². The Morgan fingerprint density at radius 1 is 1.53 bits per heavy atom. The van der Waals surface area contributed by atoms with Gasteiger partial charge in [-0.3, -0.25) is 4.99 Å². The summed E-state index contributed by atoms with van der Waals surface area (Å²) in [4.78, 5) is 4.19. The summed E-state index contributed by atoms with van der Waals surface area (Å²) in [7, 11) is 1.67. The van der Waals surface area contributed by atoms with Crippen molar-refractivity contribution in [3.8, 4) is 0 Å². The summed E-state index contributed by atoms with van der Waals surface area (Å²) in [5.74, 6) is 2.42. The predicted octanol–water partition coefficient (Wildman–Crippen LogP) is 0.726. The lowest BCUT2D eigenvalue weighted by atomic mass is 9.81. The quantitative estimate of drug-likeness (QED) is 0.400. The van der Waals surface area contributed by atoms with E-state index in [-0.39, 0.29) is 0 Å². The SMILES string of the molecule is COCCN=C(N)N[C@@H]1C[C@H]1C1CCC1. The number of ether oxygens (including phenoxy) is 1. The highest BCUT2D eigenvalue weighted by Gasteiger charge is 2.45. The van der Waals surface area contributed by atoms with Crippen LogP contribution in [-0.2, 0) is 4.74 Å². The first-order valence-corrected chi connectivity index (χ1v) is 5.86. The fraction of sp³-hybridized carbons (Fsp3) is 0.909. The highest BCUT2D eigenvalue weighted by molar-refractivity contribution is 5.78. The third-order valence-electron chi connectivity index (χ3n) is 3.51. The number of nitrogens with one attached hydrogen (secondary N) is 1. The molecule has 86 valence electrons. The van der Waals surface area contributed by atoms with Crippen molar-refractivity contribution in [3.63, 3.8) is 0 Å². The van der Waals surface area contributed by atoms with Crippen LogP contribution in [0.25, 0.3) is 0 Å². The van der Waals surface area contributed by atoms with Crippen molar-refractivity contribution < 1.29 is 4.74 Å². The van der Waals surface area contributed by atoms with Gasteiger partial charge in [-0.15, -0.1) is 0 Å². The van der Waals surface area contributed by atoms with Gasteiger partial charge in [-0.1, -0.05) is 19.3 Å². The minimum absolute atomic E-state index is 0.582. The molecule has 2 atom stereocenters. The molecule has 0 bridgehead atoms. The van der Waals surface area contributed by atoms with Crippen molar-refractivity contribution in [1.82, 2.24) is 5.32 Å². The number of rotatable bonds is 5. The lowest BCUT2D eigenvalue weighted by molar-refractivity contribution is 0.208. The third-order valence-corrected chi connectivity index (χ3v) is 3.51. The standard InChI is InChI=1S/C11H21N3O/c1-15-6-5-13-11(12)14-10-7-9(10)8-3-2-4-8/h8-10H,2-7H2,1H3,(H3,12,13,14)/t9-,10+/m0/s1. The molecule has 0 aromatic rings. The molecule has 2 saturated carbocycles. The van der Waals surface area contributed by atoms with Gasteiger partial charge in [-0.25, -0.2) is 0 Å². The highest BCUT2D eigenvalue weighted by Crippen LogP contribution is 2.46. The Morgan fingerprint density at radius 3 is 2.93 bits per heavy atom. The zero-order chi connectivity index (χ0) is 10.7. The number of aliphatic imine (C=N–C) groups is 1. The first-order valence-electron chi connectivity index (χ1n) is 5.86. The van der Waals surface area contributed by atoms with Crippen LogP contribution in [0.3, 0.4) is 0 Å². The van der Waals surface area contributed by atoms with Gasteiger partial charge in [-0.2, -0.15) is 0 Å². The number of methoxy groups -OCH3 is 1. The molecule has 0 saturated heterocycles. The summed E-state index contributed by atoms with van der Waals surface area (Å²) in [5.41, 5.74) is 5.76. The number of nitrogens with zero attached hydrogens (tertiary/aromatic N) is 1. The summed E-state index contributed by atoms with van der Waals surface area (Å²) < 4.78 is 4.91. The van der Waals surface area contributed by atoms with Crippen molar-refractivity contribution in [1.29, 1.82) is 0 Å². The van der Waals surface area contributed by atoms with Gasteiger partial charge in [0.05, 0.1) is 13.2 Å². The smallest absolute Gasteiger partial charge is 0.188 e. The van der Waals surface area contributed by atoms with Gasteiger partial charge in [0.15, 0.2) is 5.96 Å². The fourth-order valence-electron chi connectivity index (χ4n) is 2.26. The normalized spacial score (nSPS) is 31.1. The molecule has 2 rings (SSSR count). The molecule has 0 aromatic carbocycles. The molecule has 4 nitrogen and oxygen atoms in total. The van der Waals surface area contributed by atoms with E-state index in [9.17, 15) is 0 Å².